The van der Waals surface area contributed by atoms with E-state index in [-0.39, 0.29) is 5.97 Å². The van der Waals surface area contributed by atoms with Gasteiger partial charge in [-0.05, 0) is 37.3 Å². The summed E-state index contributed by atoms with van der Waals surface area (Å²) in [6.07, 6.45) is 0. The number of carbonyl (C=O) groups is 1. The van der Waals surface area contributed by atoms with Crippen LogP contribution in [0.2, 0.25) is 0 Å². The number of carbonyl (C=O) groups excluding carboxylic acids is 1. The van der Waals surface area contributed by atoms with Gasteiger partial charge in [0.1, 0.15) is 11.4 Å². The van der Waals surface area contributed by atoms with E-state index in [4.69, 9.17) is 9.47 Å². The Bertz CT molecular complexity index is 912. The molecule has 0 atom stereocenters. The molecule has 3 rings (SSSR count). The SMILES string of the molecule is CCOC(=O)c1cc2c(Oc3ccccc3N(C)C)cccc2n1C. The number of aryl methyl sites for hydroxylation is 1. The lowest BCUT2D eigenvalue weighted by Gasteiger charge is -2.17. The van der Waals surface area contributed by atoms with Gasteiger partial charge in [0, 0.05) is 26.5 Å². The Morgan fingerprint density at radius 3 is 2.52 bits per heavy atom. The lowest BCUT2D eigenvalue weighted by atomic mass is 10.2. The number of hydrogen-bond acceptors (Lipinski definition) is 4. The van der Waals surface area contributed by atoms with Crippen molar-refractivity contribution in [3.05, 3.63) is 54.2 Å². The third kappa shape index (κ3) is 3.18. The van der Waals surface area contributed by atoms with Gasteiger partial charge in [-0.15, -0.1) is 0 Å². The number of rotatable bonds is 5. The van der Waals surface area contributed by atoms with Crippen LogP contribution in [0.4, 0.5) is 5.69 Å². The number of nitrogens with zero attached hydrogens (tertiary/aromatic N) is 2. The molecule has 3 aromatic rings. The number of fused-ring (bicyclic) bond motifs is 1. The van der Waals surface area contributed by atoms with E-state index in [1.807, 2.05) is 79.1 Å². The summed E-state index contributed by atoms with van der Waals surface area (Å²) in [5.41, 5.74) is 2.41. The second-order valence-corrected chi connectivity index (χ2v) is 5.96. The molecule has 0 unspecified atom stereocenters. The van der Waals surface area contributed by atoms with E-state index < -0.39 is 0 Å². The normalized spacial score (nSPS) is 10.7. The van der Waals surface area contributed by atoms with Gasteiger partial charge in [-0.3, -0.25) is 0 Å². The molecule has 5 nitrogen and oxygen atoms in total. The third-order valence-corrected chi connectivity index (χ3v) is 4.10. The van der Waals surface area contributed by atoms with Crippen LogP contribution in [0.5, 0.6) is 11.5 Å². The van der Waals surface area contributed by atoms with Crippen molar-refractivity contribution in [3.63, 3.8) is 0 Å². The average Bonchev–Trinajstić information content (AvgIpc) is 2.94. The zero-order valence-electron chi connectivity index (χ0n) is 14.9. The van der Waals surface area contributed by atoms with Gasteiger partial charge in [-0.25, -0.2) is 4.79 Å². The van der Waals surface area contributed by atoms with Gasteiger partial charge in [-0.1, -0.05) is 18.2 Å². The lowest BCUT2D eigenvalue weighted by Crippen LogP contribution is -2.09. The highest BCUT2D eigenvalue weighted by molar-refractivity contribution is 5.98. The number of para-hydroxylation sites is 2. The maximum atomic E-state index is 12.2. The van der Waals surface area contributed by atoms with Crippen molar-refractivity contribution in [2.24, 2.45) is 7.05 Å². The maximum absolute atomic E-state index is 12.2. The van der Waals surface area contributed by atoms with Crippen molar-refractivity contribution in [1.29, 1.82) is 0 Å². The number of hydrogen-bond donors (Lipinski definition) is 0. The molecule has 0 N–H and O–H groups in total. The zero-order chi connectivity index (χ0) is 18.0. The number of ether oxygens (including phenoxy) is 2. The van der Waals surface area contributed by atoms with E-state index in [9.17, 15) is 4.79 Å². The van der Waals surface area contributed by atoms with Gasteiger partial charge in [0.2, 0.25) is 0 Å². The van der Waals surface area contributed by atoms with Crippen LogP contribution in [-0.4, -0.2) is 31.2 Å². The number of benzene rings is 2. The Labute approximate surface area is 147 Å². The summed E-state index contributed by atoms with van der Waals surface area (Å²) < 4.78 is 13.2. The molecule has 0 bridgehead atoms. The molecule has 0 amide bonds. The average molecular weight is 338 g/mol. The van der Waals surface area contributed by atoms with Gasteiger partial charge >= 0.3 is 5.97 Å². The van der Waals surface area contributed by atoms with Crippen molar-refractivity contribution >= 4 is 22.6 Å². The quantitative estimate of drug-likeness (QED) is 0.654. The minimum atomic E-state index is -0.333. The largest absolute Gasteiger partial charge is 0.461 e. The molecule has 0 aliphatic rings. The summed E-state index contributed by atoms with van der Waals surface area (Å²) in [5.74, 6) is 1.14. The third-order valence-electron chi connectivity index (χ3n) is 4.10. The first-order valence-corrected chi connectivity index (χ1v) is 8.22. The van der Waals surface area contributed by atoms with Crippen molar-refractivity contribution in [3.8, 4) is 11.5 Å². The van der Waals surface area contributed by atoms with Gasteiger partial charge in [0.15, 0.2) is 5.75 Å². The molecule has 0 aliphatic carbocycles. The second-order valence-electron chi connectivity index (χ2n) is 5.96. The minimum Gasteiger partial charge on any atom is -0.461 e. The molecule has 0 spiro atoms. The predicted octanol–water partition coefficient (Wildman–Crippen LogP) is 4.21. The topological polar surface area (TPSA) is 43.7 Å². The Morgan fingerprint density at radius 1 is 1.08 bits per heavy atom. The Hall–Kier alpha value is -2.95. The molecular weight excluding hydrogens is 316 g/mol. The first kappa shape index (κ1) is 16.9. The van der Waals surface area contributed by atoms with Gasteiger partial charge in [-0.2, -0.15) is 0 Å². The van der Waals surface area contributed by atoms with Crippen LogP contribution in [0.25, 0.3) is 10.9 Å². The highest BCUT2D eigenvalue weighted by Gasteiger charge is 2.17. The van der Waals surface area contributed by atoms with E-state index in [2.05, 4.69) is 0 Å². The number of aromatic nitrogens is 1. The first-order valence-electron chi connectivity index (χ1n) is 8.22. The summed E-state index contributed by atoms with van der Waals surface area (Å²) >= 11 is 0. The second kappa shape index (κ2) is 6.89. The molecular formula is C20H22N2O3. The molecule has 2 aromatic carbocycles. The summed E-state index contributed by atoms with van der Waals surface area (Å²) in [6, 6.07) is 15.5. The van der Waals surface area contributed by atoms with Crippen LogP contribution in [0.15, 0.2) is 48.5 Å². The molecule has 0 saturated carbocycles. The van der Waals surface area contributed by atoms with Gasteiger partial charge in [0.05, 0.1) is 17.8 Å². The van der Waals surface area contributed by atoms with Crippen molar-refractivity contribution in [2.75, 3.05) is 25.6 Å². The fourth-order valence-corrected chi connectivity index (χ4v) is 2.85. The Balaban J connectivity index is 2.06. The molecule has 1 heterocycles. The Morgan fingerprint density at radius 2 is 1.80 bits per heavy atom. The Kier molecular flexibility index (Phi) is 4.65. The minimum absolute atomic E-state index is 0.333. The lowest BCUT2D eigenvalue weighted by molar-refractivity contribution is 0.0516. The molecule has 130 valence electrons. The smallest absolute Gasteiger partial charge is 0.354 e. The predicted molar refractivity (Wildman–Crippen MR) is 99.7 cm³/mol. The van der Waals surface area contributed by atoms with Crippen LogP contribution >= 0.6 is 0 Å². The van der Waals surface area contributed by atoms with E-state index >= 15 is 0 Å². The van der Waals surface area contributed by atoms with E-state index in [1.54, 1.807) is 6.92 Å². The van der Waals surface area contributed by atoms with Crippen LogP contribution in [0.3, 0.4) is 0 Å². The fourth-order valence-electron chi connectivity index (χ4n) is 2.85. The summed E-state index contributed by atoms with van der Waals surface area (Å²) in [5, 5.41) is 0.876. The molecule has 5 heteroatoms. The fraction of sp³-hybridized carbons (Fsp3) is 0.250. The van der Waals surface area contributed by atoms with Gasteiger partial charge in [0.25, 0.3) is 0 Å². The summed E-state index contributed by atoms with van der Waals surface area (Å²) in [7, 11) is 5.81. The highest BCUT2D eigenvalue weighted by atomic mass is 16.5. The van der Waals surface area contributed by atoms with Crippen LogP contribution in [-0.2, 0) is 11.8 Å². The van der Waals surface area contributed by atoms with Crippen molar-refractivity contribution in [2.45, 2.75) is 6.92 Å². The number of esters is 1. The zero-order valence-corrected chi connectivity index (χ0v) is 14.9. The molecule has 25 heavy (non-hydrogen) atoms. The summed E-state index contributed by atoms with van der Waals surface area (Å²) in [6.45, 7) is 2.15. The van der Waals surface area contributed by atoms with Crippen LogP contribution in [0.1, 0.15) is 17.4 Å². The van der Waals surface area contributed by atoms with Gasteiger partial charge < -0.3 is 18.9 Å². The van der Waals surface area contributed by atoms with Crippen molar-refractivity contribution < 1.29 is 14.3 Å². The molecule has 0 radical (unpaired) electrons. The maximum Gasteiger partial charge on any atom is 0.354 e. The number of anilines is 1. The molecule has 0 fully saturated rings. The standard InChI is InChI=1S/C20H22N2O3/c1-5-24-20(23)17-13-14-15(22(17)4)10-8-12-18(14)25-19-11-7-6-9-16(19)21(2)3/h6-13H,5H2,1-4H3. The van der Waals surface area contributed by atoms with Crippen LogP contribution < -0.4 is 9.64 Å². The monoisotopic (exact) mass is 338 g/mol. The van der Waals surface area contributed by atoms with E-state index in [1.165, 1.54) is 0 Å². The highest BCUT2D eigenvalue weighted by Crippen LogP contribution is 2.36. The molecule has 0 aliphatic heterocycles. The van der Waals surface area contributed by atoms with E-state index in [0.29, 0.717) is 18.1 Å². The van der Waals surface area contributed by atoms with Crippen LogP contribution in [0, 0.1) is 0 Å². The molecule has 0 saturated heterocycles. The first-order chi connectivity index (χ1) is 12.0. The van der Waals surface area contributed by atoms with E-state index in [0.717, 1.165) is 22.3 Å². The molecule has 1 aromatic heterocycles. The summed E-state index contributed by atoms with van der Waals surface area (Å²) in [4.78, 5) is 14.2. The van der Waals surface area contributed by atoms with Crippen molar-refractivity contribution in [1.82, 2.24) is 4.57 Å².